The van der Waals surface area contributed by atoms with Crippen molar-refractivity contribution in [2.45, 2.75) is 4.90 Å². The van der Waals surface area contributed by atoms with E-state index in [4.69, 9.17) is 4.74 Å². The van der Waals surface area contributed by atoms with Crippen molar-refractivity contribution in [1.82, 2.24) is 0 Å². The number of nitrogens with one attached hydrogen (secondary N) is 1. The highest BCUT2D eigenvalue weighted by molar-refractivity contribution is 7.92. The molecule has 1 N–H and O–H groups in total. The molecular formula is C15H15N3O5S. The van der Waals surface area contributed by atoms with Gasteiger partial charge in [0.05, 0.1) is 27.7 Å². The molecule has 126 valence electrons. The Balaban J connectivity index is 1.92. The van der Waals surface area contributed by atoms with Gasteiger partial charge in [-0.2, -0.15) is 0 Å². The zero-order valence-electron chi connectivity index (χ0n) is 12.8. The predicted octanol–water partition coefficient (Wildman–Crippen LogP) is 2.22. The molecule has 2 aromatic rings. The Morgan fingerprint density at radius 1 is 1.25 bits per heavy atom. The first kappa shape index (κ1) is 16.1. The molecule has 1 aliphatic rings. The maximum Gasteiger partial charge on any atom is 0.271 e. The molecule has 1 aliphatic heterocycles. The molecule has 9 heteroatoms. The lowest BCUT2D eigenvalue weighted by molar-refractivity contribution is -0.384. The number of fused-ring (bicyclic) bond motifs is 1. The fourth-order valence-electron chi connectivity index (χ4n) is 2.39. The highest BCUT2D eigenvalue weighted by Gasteiger charge is 2.21. The van der Waals surface area contributed by atoms with E-state index in [1.807, 2.05) is 11.9 Å². The van der Waals surface area contributed by atoms with Crippen LogP contribution < -0.4 is 14.4 Å². The van der Waals surface area contributed by atoms with Gasteiger partial charge in [-0.15, -0.1) is 0 Å². The van der Waals surface area contributed by atoms with Crippen molar-refractivity contribution >= 4 is 27.1 Å². The summed E-state index contributed by atoms with van der Waals surface area (Å²) in [5, 5.41) is 10.8. The number of nitro benzene ring substituents is 1. The number of nitrogens with zero attached hydrogens (tertiary/aromatic N) is 2. The first-order valence-corrected chi connectivity index (χ1v) is 8.60. The summed E-state index contributed by atoms with van der Waals surface area (Å²) in [6.45, 7) is 1.20. The Kier molecular flexibility index (Phi) is 4.02. The first-order valence-electron chi connectivity index (χ1n) is 7.12. The molecule has 0 atom stereocenters. The quantitative estimate of drug-likeness (QED) is 0.671. The van der Waals surface area contributed by atoms with Crippen LogP contribution >= 0.6 is 0 Å². The second kappa shape index (κ2) is 6.00. The van der Waals surface area contributed by atoms with Gasteiger partial charge in [0, 0.05) is 19.2 Å². The van der Waals surface area contributed by atoms with Crippen LogP contribution in [0.5, 0.6) is 5.75 Å². The van der Waals surface area contributed by atoms with E-state index in [-0.39, 0.29) is 16.3 Å². The van der Waals surface area contributed by atoms with E-state index in [0.717, 1.165) is 0 Å². The summed E-state index contributed by atoms with van der Waals surface area (Å²) in [5.41, 5.74) is 0.628. The highest BCUT2D eigenvalue weighted by atomic mass is 32.2. The molecule has 8 nitrogen and oxygen atoms in total. The average molecular weight is 349 g/mol. The van der Waals surface area contributed by atoms with Crippen molar-refractivity contribution in [3.63, 3.8) is 0 Å². The van der Waals surface area contributed by atoms with E-state index in [2.05, 4.69) is 4.72 Å². The van der Waals surface area contributed by atoms with Crippen LogP contribution in [0.4, 0.5) is 17.1 Å². The number of anilines is 2. The molecule has 0 bridgehead atoms. The van der Waals surface area contributed by atoms with E-state index >= 15 is 0 Å². The summed E-state index contributed by atoms with van der Waals surface area (Å²) in [6.07, 6.45) is 0. The number of hydrogen-bond donors (Lipinski definition) is 1. The third kappa shape index (κ3) is 3.11. The van der Waals surface area contributed by atoms with Crippen molar-refractivity contribution in [2.75, 3.05) is 29.8 Å². The summed E-state index contributed by atoms with van der Waals surface area (Å²) in [6, 6.07) is 9.91. The number of nitro groups is 1. The maximum absolute atomic E-state index is 12.5. The van der Waals surface area contributed by atoms with E-state index < -0.39 is 14.9 Å². The zero-order chi connectivity index (χ0) is 17.3. The van der Waals surface area contributed by atoms with Crippen molar-refractivity contribution < 1.29 is 18.1 Å². The van der Waals surface area contributed by atoms with E-state index in [0.29, 0.717) is 24.6 Å². The van der Waals surface area contributed by atoms with Crippen LogP contribution in [0.15, 0.2) is 47.4 Å². The number of benzene rings is 2. The van der Waals surface area contributed by atoms with Crippen molar-refractivity contribution in [3.8, 4) is 5.75 Å². The van der Waals surface area contributed by atoms with Gasteiger partial charge in [0.2, 0.25) is 0 Å². The van der Waals surface area contributed by atoms with Gasteiger partial charge in [-0.1, -0.05) is 6.07 Å². The van der Waals surface area contributed by atoms with Crippen LogP contribution in [-0.2, 0) is 10.0 Å². The van der Waals surface area contributed by atoms with Crippen LogP contribution in [0, 0.1) is 10.1 Å². The molecule has 0 unspecified atom stereocenters. The van der Waals surface area contributed by atoms with Gasteiger partial charge in [0.1, 0.15) is 12.4 Å². The monoisotopic (exact) mass is 349 g/mol. The minimum atomic E-state index is -3.87. The summed E-state index contributed by atoms with van der Waals surface area (Å²) < 4.78 is 32.9. The largest absolute Gasteiger partial charge is 0.490 e. The molecule has 0 aromatic heterocycles. The topological polar surface area (TPSA) is 102 Å². The van der Waals surface area contributed by atoms with Crippen LogP contribution in [0.1, 0.15) is 0 Å². The summed E-state index contributed by atoms with van der Waals surface area (Å²) in [4.78, 5) is 12.2. The molecule has 0 fully saturated rings. The number of likely N-dealkylation sites (N-methyl/N-ethyl adjacent to an activating group) is 1. The Labute approximate surface area is 138 Å². The highest BCUT2D eigenvalue weighted by Crippen LogP contribution is 2.33. The van der Waals surface area contributed by atoms with Gasteiger partial charge in [0.15, 0.2) is 0 Å². The lowest BCUT2D eigenvalue weighted by Gasteiger charge is -2.28. The van der Waals surface area contributed by atoms with E-state index in [1.54, 1.807) is 6.07 Å². The number of non-ortho nitro benzene ring substituents is 1. The van der Waals surface area contributed by atoms with Gasteiger partial charge in [-0.05, 0) is 24.3 Å². The van der Waals surface area contributed by atoms with Crippen LogP contribution in [0.2, 0.25) is 0 Å². The SMILES string of the molecule is CN1CCOc2ccc(S(=O)(=O)Nc3cccc([N+](=O)[O-])c3)cc21. The standard InChI is InChI=1S/C15H15N3O5S/c1-17-7-8-23-15-6-5-13(10-14(15)17)24(21,22)16-11-3-2-4-12(9-11)18(19)20/h2-6,9-10,16H,7-8H2,1H3. The van der Waals surface area contributed by atoms with E-state index in [9.17, 15) is 18.5 Å². The number of hydrogen-bond acceptors (Lipinski definition) is 6. The number of ether oxygens (including phenoxy) is 1. The zero-order valence-corrected chi connectivity index (χ0v) is 13.6. The van der Waals surface area contributed by atoms with Gasteiger partial charge in [0.25, 0.3) is 15.7 Å². The maximum atomic E-state index is 12.5. The minimum absolute atomic E-state index is 0.0603. The molecule has 0 saturated heterocycles. The van der Waals surface area contributed by atoms with Crippen LogP contribution in [-0.4, -0.2) is 33.5 Å². The normalized spacial score (nSPS) is 13.8. The third-order valence-corrected chi connectivity index (χ3v) is 5.02. The van der Waals surface area contributed by atoms with Crippen molar-refractivity contribution in [1.29, 1.82) is 0 Å². The number of rotatable bonds is 4. The Morgan fingerprint density at radius 2 is 2.04 bits per heavy atom. The van der Waals surface area contributed by atoms with Gasteiger partial charge < -0.3 is 9.64 Å². The van der Waals surface area contributed by atoms with Crippen LogP contribution in [0.25, 0.3) is 0 Å². The molecule has 2 aromatic carbocycles. The first-order chi connectivity index (χ1) is 11.4. The molecule has 1 heterocycles. The molecule has 3 rings (SSSR count). The fourth-order valence-corrected chi connectivity index (χ4v) is 3.46. The molecule has 24 heavy (non-hydrogen) atoms. The predicted molar refractivity (Wildman–Crippen MR) is 89.1 cm³/mol. The van der Waals surface area contributed by atoms with Gasteiger partial charge in [-0.25, -0.2) is 8.42 Å². The number of sulfonamides is 1. The van der Waals surface area contributed by atoms with Gasteiger partial charge in [-0.3, -0.25) is 14.8 Å². The summed E-state index contributed by atoms with van der Waals surface area (Å²) in [5.74, 6) is 0.623. The van der Waals surface area contributed by atoms with Crippen LogP contribution in [0.3, 0.4) is 0 Å². The molecule has 0 saturated carbocycles. The lowest BCUT2D eigenvalue weighted by Crippen LogP contribution is -2.29. The van der Waals surface area contributed by atoms with E-state index in [1.165, 1.54) is 36.4 Å². The summed E-state index contributed by atoms with van der Waals surface area (Å²) in [7, 11) is -2.01. The minimum Gasteiger partial charge on any atom is -0.490 e. The Hall–Kier alpha value is -2.81. The third-order valence-electron chi connectivity index (χ3n) is 3.65. The molecule has 0 amide bonds. The molecule has 0 aliphatic carbocycles. The smallest absolute Gasteiger partial charge is 0.271 e. The lowest BCUT2D eigenvalue weighted by atomic mass is 10.2. The van der Waals surface area contributed by atoms with Gasteiger partial charge >= 0.3 is 0 Å². The van der Waals surface area contributed by atoms with Crippen molar-refractivity contribution in [2.24, 2.45) is 0 Å². The Bertz CT molecular complexity index is 898. The Morgan fingerprint density at radius 3 is 2.79 bits per heavy atom. The second-order valence-corrected chi connectivity index (χ2v) is 6.99. The average Bonchev–Trinajstić information content (AvgIpc) is 2.54. The summed E-state index contributed by atoms with van der Waals surface area (Å²) >= 11 is 0. The molecule has 0 spiro atoms. The second-order valence-electron chi connectivity index (χ2n) is 5.31. The molecule has 0 radical (unpaired) electrons. The molecular weight excluding hydrogens is 334 g/mol. The fraction of sp³-hybridized carbons (Fsp3) is 0.200. The van der Waals surface area contributed by atoms with Crippen molar-refractivity contribution in [3.05, 3.63) is 52.6 Å².